The van der Waals surface area contributed by atoms with Crippen LogP contribution < -0.4 is 0 Å². The summed E-state index contributed by atoms with van der Waals surface area (Å²) >= 11 is 0. The summed E-state index contributed by atoms with van der Waals surface area (Å²) in [7, 11) is 0. The Kier molecular flexibility index (Phi) is 7.28. The van der Waals surface area contributed by atoms with Crippen molar-refractivity contribution in [1.82, 2.24) is 14.8 Å². The van der Waals surface area contributed by atoms with Crippen molar-refractivity contribution < 1.29 is 8.83 Å². The summed E-state index contributed by atoms with van der Waals surface area (Å²) < 4.78 is 14.5. The second-order valence-corrected chi connectivity index (χ2v) is 13.4. The van der Waals surface area contributed by atoms with Crippen LogP contribution in [0.2, 0.25) is 0 Å². The molecule has 0 radical (unpaired) electrons. The molecule has 0 unspecified atom stereocenters. The van der Waals surface area contributed by atoms with Crippen LogP contribution >= 0.6 is 0 Å². The zero-order valence-electron chi connectivity index (χ0n) is 28.4. The molecule has 3 heterocycles. The van der Waals surface area contributed by atoms with Crippen LogP contribution in [0.5, 0.6) is 0 Å². The topological polar surface area (TPSA) is 57.0 Å². The highest BCUT2D eigenvalue weighted by molar-refractivity contribution is 6.08. The Balaban J connectivity index is 0.891. The fourth-order valence-corrected chi connectivity index (χ4v) is 7.45. The number of aryl methyl sites for hydroxylation is 2. The van der Waals surface area contributed by atoms with Crippen molar-refractivity contribution in [1.29, 1.82) is 0 Å². The second-order valence-electron chi connectivity index (χ2n) is 13.4. The average Bonchev–Trinajstić information content (AvgIpc) is 3.92. The van der Waals surface area contributed by atoms with Crippen molar-refractivity contribution in [3.63, 3.8) is 0 Å². The molecule has 5 heteroatoms. The van der Waals surface area contributed by atoms with E-state index in [1.807, 2.05) is 48.5 Å². The van der Waals surface area contributed by atoms with Gasteiger partial charge in [0.1, 0.15) is 22.3 Å². The Morgan fingerprint density at radius 3 is 1.50 bits per heavy atom. The minimum atomic E-state index is 0.828. The van der Waals surface area contributed by atoms with E-state index in [0.717, 1.165) is 103 Å². The quantitative estimate of drug-likeness (QED) is 0.161. The van der Waals surface area contributed by atoms with Crippen molar-refractivity contribution in [3.8, 4) is 39.6 Å². The predicted octanol–water partition coefficient (Wildman–Crippen LogP) is 12.2. The number of benzene rings is 7. The highest BCUT2D eigenvalue weighted by Crippen LogP contribution is 2.36. The van der Waals surface area contributed by atoms with Gasteiger partial charge in [-0.15, -0.1) is 10.2 Å². The molecule has 7 aromatic carbocycles. The molecular weight excluding hydrogens is 639 g/mol. The number of aromatic nitrogens is 3. The van der Waals surface area contributed by atoms with Crippen LogP contribution in [0.3, 0.4) is 0 Å². The molecule has 0 aliphatic carbocycles. The number of rotatable bonds is 8. The van der Waals surface area contributed by atoms with Gasteiger partial charge in [0.15, 0.2) is 11.6 Å². The number of fused-ring (bicyclic) bond motifs is 6. The highest BCUT2D eigenvalue weighted by Gasteiger charge is 2.17. The second kappa shape index (κ2) is 12.6. The first-order valence-corrected chi connectivity index (χ1v) is 17.8. The van der Waals surface area contributed by atoms with Gasteiger partial charge in [-0.25, -0.2) is 0 Å². The van der Waals surface area contributed by atoms with Crippen molar-refractivity contribution in [2.24, 2.45) is 0 Å². The minimum absolute atomic E-state index is 0.828. The third-order valence-corrected chi connectivity index (χ3v) is 10.1. The summed E-state index contributed by atoms with van der Waals surface area (Å²) in [5, 5.41) is 13.8. The molecule has 0 aliphatic rings. The lowest BCUT2D eigenvalue weighted by Gasteiger charge is -2.12. The SMILES string of the molecule is c1ccc(-c2nnc(-c3ccccc3)n2-c2ccc(CCCc3ccc4oc5ccc(-c6ccc7oc8ccccc8c7c6)cc5c4c3)cc2)cc1. The first-order valence-electron chi connectivity index (χ1n) is 17.8. The first kappa shape index (κ1) is 30.1. The van der Waals surface area contributed by atoms with Gasteiger partial charge in [-0.3, -0.25) is 4.57 Å². The van der Waals surface area contributed by atoms with Crippen LogP contribution in [0.4, 0.5) is 0 Å². The lowest BCUT2D eigenvalue weighted by molar-refractivity contribution is 0.668. The lowest BCUT2D eigenvalue weighted by atomic mass is 9.99. The maximum absolute atomic E-state index is 6.28. The Bertz CT molecular complexity index is 2810. The highest BCUT2D eigenvalue weighted by atomic mass is 16.3. The summed E-state index contributed by atoms with van der Waals surface area (Å²) in [6.07, 6.45) is 3.01. The third-order valence-electron chi connectivity index (χ3n) is 10.1. The predicted molar refractivity (Wildman–Crippen MR) is 211 cm³/mol. The summed E-state index contributed by atoms with van der Waals surface area (Å²) in [5.41, 5.74) is 11.7. The van der Waals surface area contributed by atoms with Gasteiger partial charge in [0, 0.05) is 38.4 Å². The monoisotopic (exact) mass is 671 g/mol. The molecule has 10 aromatic rings. The first-order chi connectivity index (χ1) is 25.7. The van der Waals surface area contributed by atoms with E-state index in [-0.39, 0.29) is 0 Å². The summed E-state index contributed by atoms with van der Waals surface area (Å²) in [5.74, 6) is 1.66. The van der Waals surface area contributed by atoms with Crippen molar-refractivity contribution in [2.45, 2.75) is 19.3 Å². The largest absolute Gasteiger partial charge is 0.456 e. The molecule has 0 bridgehead atoms. The van der Waals surface area contributed by atoms with E-state index >= 15 is 0 Å². The molecule has 5 nitrogen and oxygen atoms in total. The fourth-order valence-electron chi connectivity index (χ4n) is 7.45. The maximum atomic E-state index is 6.28. The van der Waals surface area contributed by atoms with Crippen LogP contribution in [-0.4, -0.2) is 14.8 Å². The van der Waals surface area contributed by atoms with Crippen molar-refractivity contribution >= 4 is 43.9 Å². The van der Waals surface area contributed by atoms with E-state index < -0.39 is 0 Å². The van der Waals surface area contributed by atoms with E-state index in [1.54, 1.807) is 0 Å². The zero-order valence-corrected chi connectivity index (χ0v) is 28.4. The number of para-hydroxylation sites is 1. The van der Waals surface area contributed by atoms with Gasteiger partial charge >= 0.3 is 0 Å². The van der Waals surface area contributed by atoms with Gasteiger partial charge in [0.05, 0.1) is 0 Å². The molecule has 10 rings (SSSR count). The van der Waals surface area contributed by atoms with Crippen LogP contribution in [0.1, 0.15) is 17.5 Å². The van der Waals surface area contributed by atoms with Crippen molar-refractivity contribution in [3.05, 3.63) is 175 Å². The minimum Gasteiger partial charge on any atom is -0.456 e. The Hall–Kier alpha value is -6.72. The van der Waals surface area contributed by atoms with Crippen LogP contribution in [0, 0.1) is 0 Å². The van der Waals surface area contributed by atoms with Gasteiger partial charge in [-0.1, -0.05) is 109 Å². The normalized spacial score (nSPS) is 11.7. The molecule has 0 amide bonds. The molecule has 0 spiro atoms. The summed E-state index contributed by atoms with van der Waals surface area (Å²) in [4.78, 5) is 0. The zero-order chi connectivity index (χ0) is 34.4. The molecular formula is C47H33N3O2. The summed E-state index contributed by atoms with van der Waals surface area (Å²) in [6.45, 7) is 0. The van der Waals surface area contributed by atoms with E-state index in [1.165, 1.54) is 11.1 Å². The van der Waals surface area contributed by atoms with Gasteiger partial charge in [-0.05, 0) is 96.1 Å². The van der Waals surface area contributed by atoms with Gasteiger partial charge < -0.3 is 8.83 Å². The number of nitrogens with zero attached hydrogens (tertiary/aromatic N) is 3. The molecule has 0 saturated heterocycles. The molecule has 0 aliphatic heterocycles. The molecule has 248 valence electrons. The Morgan fingerprint density at radius 1 is 0.385 bits per heavy atom. The summed E-state index contributed by atoms with van der Waals surface area (Å²) in [6, 6.07) is 57.2. The van der Waals surface area contributed by atoms with Crippen LogP contribution in [0.15, 0.2) is 173 Å². The van der Waals surface area contributed by atoms with E-state index in [4.69, 9.17) is 8.83 Å². The van der Waals surface area contributed by atoms with E-state index in [0.29, 0.717) is 0 Å². The smallest absolute Gasteiger partial charge is 0.168 e. The van der Waals surface area contributed by atoms with Crippen LogP contribution in [-0.2, 0) is 12.8 Å². The molecule has 0 atom stereocenters. The molecule has 0 fully saturated rings. The maximum Gasteiger partial charge on any atom is 0.168 e. The third kappa shape index (κ3) is 5.35. The standard InChI is InChI=1S/C47H33N3O2/c1-3-12-33(13-4-1)46-48-49-47(34-14-5-2-6-15-34)50(46)37-23-18-31(19-24-37)10-9-11-32-20-25-43-39(28-32)41-30-36(22-27-45(41)52-43)35-21-26-44-40(29-35)38-16-7-8-17-42(38)51-44/h1-8,12-30H,9-11H2. The molecule has 0 saturated carbocycles. The molecule has 3 aromatic heterocycles. The number of hydrogen-bond donors (Lipinski definition) is 0. The fraction of sp³-hybridized carbons (Fsp3) is 0.0638. The van der Waals surface area contributed by atoms with Gasteiger partial charge in [0.2, 0.25) is 0 Å². The number of furan rings is 2. The average molecular weight is 672 g/mol. The molecule has 0 N–H and O–H groups in total. The molecule has 52 heavy (non-hydrogen) atoms. The Morgan fingerprint density at radius 2 is 0.865 bits per heavy atom. The van der Waals surface area contributed by atoms with E-state index in [2.05, 4.69) is 130 Å². The Labute approximate surface area is 300 Å². The van der Waals surface area contributed by atoms with E-state index in [9.17, 15) is 0 Å². The number of hydrogen-bond acceptors (Lipinski definition) is 4. The van der Waals surface area contributed by atoms with Gasteiger partial charge in [0.25, 0.3) is 0 Å². The lowest BCUT2D eigenvalue weighted by Crippen LogP contribution is -2.01. The van der Waals surface area contributed by atoms with Crippen LogP contribution in [0.25, 0.3) is 83.5 Å². The van der Waals surface area contributed by atoms with Crippen molar-refractivity contribution in [2.75, 3.05) is 0 Å². The van der Waals surface area contributed by atoms with Gasteiger partial charge in [-0.2, -0.15) is 0 Å².